The third-order valence-electron chi connectivity index (χ3n) is 4.43. The average Bonchev–Trinajstić information content (AvgIpc) is 3.11. The summed E-state index contributed by atoms with van der Waals surface area (Å²) in [5.41, 5.74) is 8.46. The number of rotatable bonds is 6. The molecule has 7 heteroatoms. The van der Waals surface area contributed by atoms with Crippen LogP contribution in [-0.4, -0.2) is 35.5 Å². The van der Waals surface area contributed by atoms with Crippen LogP contribution in [0.5, 0.6) is 0 Å². The van der Waals surface area contributed by atoms with Gasteiger partial charge in [0, 0.05) is 31.5 Å². The molecule has 2 aromatic rings. The van der Waals surface area contributed by atoms with Crippen LogP contribution in [0.1, 0.15) is 24.5 Å². The van der Waals surface area contributed by atoms with Gasteiger partial charge in [0.25, 0.3) is 0 Å². The molecule has 1 aromatic carbocycles. The summed E-state index contributed by atoms with van der Waals surface area (Å²) in [5.74, 6) is 2.18. The van der Waals surface area contributed by atoms with Gasteiger partial charge < -0.3 is 16.0 Å². The van der Waals surface area contributed by atoms with E-state index in [1.807, 2.05) is 6.92 Å². The number of amides is 1. The summed E-state index contributed by atoms with van der Waals surface area (Å²) >= 11 is 1.57. The zero-order valence-electron chi connectivity index (χ0n) is 15.2. The molecule has 0 radical (unpaired) electrons. The van der Waals surface area contributed by atoms with E-state index in [2.05, 4.69) is 51.4 Å². The topological polar surface area (TPSA) is 84.1 Å². The molecule has 0 aliphatic carbocycles. The van der Waals surface area contributed by atoms with E-state index in [0.717, 1.165) is 24.5 Å². The summed E-state index contributed by atoms with van der Waals surface area (Å²) in [4.78, 5) is 23.2. The van der Waals surface area contributed by atoms with E-state index in [1.165, 1.54) is 11.1 Å². The number of thioether (sulfide) groups is 1. The van der Waals surface area contributed by atoms with Crippen molar-refractivity contribution < 1.29 is 4.79 Å². The van der Waals surface area contributed by atoms with Gasteiger partial charge in [0.2, 0.25) is 5.91 Å². The zero-order valence-corrected chi connectivity index (χ0v) is 16.1. The number of nitrogen functional groups attached to an aromatic ring is 1. The Morgan fingerprint density at radius 2 is 2.12 bits per heavy atom. The van der Waals surface area contributed by atoms with Crippen molar-refractivity contribution in [1.29, 1.82) is 0 Å². The lowest BCUT2D eigenvalue weighted by atomic mass is 10.1. The van der Waals surface area contributed by atoms with E-state index < -0.39 is 0 Å². The van der Waals surface area contributed by atoms with E-state index in [9.17, 15) is 4.79 Å². The number of benzene rings is 1. The maximum absolute atomic E-state index is 12.0. The van der Waals surface area contributed by atoms with Gasteiger partial charge in [0.1, 0.15) is 11.6 Å². The van der Waals surface area contributed by atoms with Crippen LogP contribution in [0.2, 0.25) is 0 Å². The van der Waals surface area contributed by atoms with Crippen LogP contribution in [-0.2, 0) is 10.5 Å². The Labute approximate surface area is 158 Å². The lowest BCUT2D eigenvalue weighted by Crippen LogP contribution is -2.32. The molecule has 1 fully saturated rings. The minimum absolute atomic E-state index is 0.00908. The van der Waals surface area contributed by atoms with Crippen LogP contribution in [0.25, 0.3) is 0 Å². The van der Waals surface area contributed by atoms with Gasteiger partial charge in [0.05, 0.1) is 5.92 Å². The molecular formula is C19H25N5OS. The maximum Gasteiger partial charge on any atom is 0.224 e. The van der Waals surface area contributed by atoms with Crippen LogP contribution >= 0.6 is 11.8 Å². The molecule has 26 heavy (non-hydrogen) atoms. The monoisotopic (exact) mass is 371 g/mol. The van der Waals surface area contributed by atoms with Gasteiger partial charge in [-0.2, -0.15) is 0 Å². The Bertz CT molecular complexity index is 765. The molecule has 1 saturated heterocycles. The van der Waals surface area contributed by atoms with Crippen molar-refractivity contribution in [2.75, 3.05) is 30.3 Å². The lowest BCUT2D eigenvalue weighted by Gasteiger charge is -2.18. The molecule has 6 nitrogen and oxygen atoms in total. The van der Waals surface area contributed by atoms with Gasteiger partial charge in [-0.15, -0.1) is 0 Å². The molecule has 0 unspecified atom stereocenters. The average molecular weight is 372 g/mol. The fourth-order valence-corrected chi connectivity index (χ4v) is 3.81. The lowest BCUT2D eigenvalue weighted by molar-refractivity contribution is -0.124. The third-order valence-corrected chi connectivity index (χ3v) is 5.35. The Kier molecular flexibility index (Phi) is 5.98. The molecule has 1 aliphatic rings. The highest BCUT2D eigenvalue weighted by Gasteiger charge is 2.29. The first-order valence-electron chi connectivity index (χ1n) is 8.90. The van der Waals surface area contributed by atoms with Crippen LogP contribution < -0.4 is 16.0 Å². The summed E-state index contributed by atoms with van der Waals surface area (Å²) < 4.78 is 0. The highest BCUT2D eigenvalue weighted by Crippen LogP contribution is 2.27. The normalized spacial score (nSPS) is 16.7. The van der Waals surface area contributed by atoms with Crippen molar-refractivity contribution in [2.45, 2.75) is 31.2 Å². The summed E-state index contributed by atoms with van der Waals surface area (Å²) in [7, 11) is 0. The van der Waals surface area contributed by atoms with Crippen molar-refractivity contribution >= 4 is 29.3 Å². The molecule has 2 heterocycles. The quantitative estimate of drug-likeness (QED) is 0.600. The summed E-state index contributed by atoms with van der Waals surface area (Å²) in [6.45, 7) is 6.15. The molecule has 0 spiro atoms. The first-order chi connectivity index (χ1) is 12.5. The summed E-state index contributed by atoms with van der Waals surface area (Å²) in [5, 5.41) is 3.57. The molecule has 3 rings (SSSR count). The molecule has 1 aromatic heterocycles. The smallest absolute Gasteiger partial charge is 0.224 e. The SMILES string of the molecule is CCNC(=O)[C@H]1CCN(c2cc(N)nc(SCc3ccc(C)cc3)n2)C1. The van der Waals surface area contributed by atoms with E-state index in [0.29, 0.717) is 24.1 Å². The first-order valence-corrected chi connectivity index (χ1v) is 9.89. The fourth-order valence-electron chi connectivity index (χ4n) is 2.99. The Morgan fingerprint density at radius 1 is 1.35 bits per heavy atom. The number of hydrogen-bond acceptors (Lipinski definition) is 6. The highest BCUT2D eigenvalue weighted by molar-refractivity contribution is 7.98. The third kappa shape index (κ3) is 4.66. The van der Waals surface area contributed by atoms with Gasteiger partial charge in [-0.05, 0) is 25.8 Å². The van der Waals surface area contributed by atoms with Gasteiger partial charge in [-0.1, -0.05) is 41.6 Å². The van der Waals surface area contributed by atoms with Crippen molar-refractivity contribution in [3.05, 3.63) is 41.5 Å². The van der Waals surface area contributed by atoms with Crippen LogP contribution in [0, 0.1) is 12.8 Å². The van der Waals surface area contributed by atoms with Crippen molar-refractivity contribution in [1.82, 2.24) is 15.3 Å². The van der Waals surface area contributed by atoms with E-state index in [1.54, 1.807) is 17.8 Å². The molecular weight excluding hydrogens is 346 g/mol. The minimum Gasteiger partial charge on any atom is -0.383 e. The Hall–Kier alpha value is -2.28. The minimum atomic E-state index is 0.00908. The predicted molar refractivity (Wildman–Crippen MR) is 106 cm³/mol. The van der Waals surface area contributed by atoms with Gasteiger partial charge in [0.15, 0.2) is 5.16 Å². The molecule has 1 aliphatic heterocycles. The van der Waals surface area contributed by atoms with Crippen molar-refractivity contribution in [2.24, 2.45) is 5.92 Å². The van der Waals surface area contributed by atoms with Crippen LogP contribution in [0.4, 0.5) is 11.6 Å². The maximum atomic E-state index is 12.0. The number of carbonyl (C=O) groups is 1. The second kappa shape index (κ2) is 8.40. The van der Waals surface area contributed by atoms with Crippen molar-refractivity contribution in [3.8, 4) is 0 Å². The van der Waals surface area contributed by atoms with Gasteiger partial charge >= 0.3 is 0 Å². The number of carbonyl (C=O) groups excluding carboxylic acids is 1. The number of aromatic nitrogens is 2. The largest absolute Gasteiger partial charge is 0.383 e. The molecule has 0 saturated carbocycles. The predicted octanol–water partition coefficient (Wildman–Crippen LogP) is 2.62. The Morgan fingerprint density at radius 3 is 2.85 bits per heavy atom. The van der Waals surface area contributed by atoms with Gasteiger partial charge in [-0.3, -0.25) is 4.79 Å². The van der Waals surface area contributed by atoms with Crippen molar-refractivity contribution in [3.63, 3.8) is 0 Å². The number of nitrogens with one attached hydrogen (secondary N) is 1. The first kappa shape index (κ1) is 18.5. The number of nitrogens with two attached hydrogens (primary N) is 1. The summed E-state index contributed by atoms with van der Waals surface area (Å²) in [6, 6.07) is 10.2. The number of nitrogens with zero attached hydrogens (tertiary/aromatic N) is 3. The number of aryl methyl sites for hydroxylation is 1. The molecule has 138 valence electrons. The molecule has 3 N–H and O–H groups in total. The molecule has 0 bridgehead atoms. The van der Waals surface area contributed by atoms with E-state index in [4.69, 9.17) is 5.73 Å². The second-order valence-corrected chi connectivity index (χ2v) is 7.48. The van der Waals surface area contributed by atoms with E-state index in [-0.39, 0.29) is 11.8 Å². The molecule has 1 atom stereocenters. The standard InChI is InChI=1S/C19H25N5OS/c1-3-21-18(25)15-8-9-24(11-15)17-10-16(20)22-19(23-17)26-12-14-6-4-13(2)5-7-14/h4-7,10,15H,3,8-9,11-12H2,1-2H3,(H,21,25)(H2,20,22,23)/t15-/m0/s1. The fraction of sp³-hybridized carbons (Fsp3) is 0.421. The van der Waals surface area contributed by atoms with Crippen LogP contribution in [0.3, 0.4) is 0 Å². The Balaban J connectivity index is 1.66. The van der Waals surface area contributed by atoms with E-state index >= 15 is 0 Å². The second-order valence-electron chi connectivity index (χ2n) is 6.53. The molecule has 1 amide bonds. The highest BCUT2D eigenvalue weighted by atomic mass is 32.2. The van der Waals surface area contributed by atoms with Gasteiger partial charge in [-0.25, -0.2) is 9.97 Å². The number of anilines is 2. The zero-order chi connectivity index (χ0) is 18.5. The van der Waals surface area contributed by atoms with Crippen LogP contribution in [0.15, 0.2) is 35.5 Å². The summed E-state index contributed by atoms with van der Waals surface area (Å²) in [6.07, 6.45) is 0.835. The number of hydrogen-bond donors (Lipinski definition) is 2.